The van der Waals surface area contributed by atoms with E-state index in [-0.39, 0.29) is 88.7 Å². The summed E-state index contributed by atoms with van der Waals surface area (Å²) in [6.07, 6.45) is 0. The monoisotopic (exact) mass is 274 g/mol. The van der Waals surface area contributed by atoms with Crippen LogP contribution in [0.4, 0.5) is 0 Å². The van der Waals surface area contributed by atoms with Crippen LogP contribution >= 0.6 is 0 Å². The van der Waals surface area contributed by atoms with Crippen molar-refractivity contribution in [2.75, 3.05) is 13.2 Å². The molecule has 0 aliphatic rings. The number of carboxylic acid groups (broad SMARTS) is 3. The number of aliphatic carboxylic acids is 3. The summed E-state index contributed by atoms with van der Waals surface area (Å²) in [4.78, 5) is 30.4. The molecule has 0 aromatic carbocycles. The fraction of sp³-hybridized carbons (Fsp3) is 0.500. The molecule has 0 heterocycles. The molecular weight excluding hydrogens is 269 g/mol. The van der Waals surface area contributed by atoms with Crippen LogP contribution in [0.1, 0.15) is 0 Å². The molecule has 17 heavy (non-hydrogen) atoms. The van der Waals surface area contributed by atoms with Gasteiger partial charge in [-0.3, -0.25) is 0 Å². The smallest absolute Gasteiger partial charge is 0.548 e. The Morgan fingerprint density at radius 3 is 1.53 bits per heavy atom. The third-order valence-electron chi connectivity index (χ3n) is 1.32. The quantitative estimate of drug-likeness (QED) is 0.370. The van der Waals surface area contributed by atoms with Gasteiger partial charge in [0.05, 0.1) is 31.1 Å². The predicted molar refractivity (Wildman–Crippen MR) is 30.8 cm³/mol. The van der Waals surface area contributed by atoms with Crippen LogP contribution in [-0.4, -0.2) is 41.8 Å². The third kappa shape index (κ3) is 8.17. The molecule has 8 nitrogen and oxygen atoms in total. The van der Waals surface area contributed by atoms with E-state index in [2.05, 4.69) is 4.74 Å². The number of carboxylic acids is 3. The molecule has 0 unspecified atom stereocenters. The van der Waals surface area contributed by atoms with Gasteiger partial charge in [-0.25, -0.2) is 0 Å². The molecule has 80 valence electrons. The van der Waals surface area contributed by atoms with Crippen LogP contribution in [0.2, 0.25) is 0 Å². The van der Waals surface area contributed by atoms with Crippen molar-refractivity contribution in [2.45, 2.75) is 5.60 Å². The van der Waals surface area contributed by atoms with E-state index in [0.717, 1.165) is 0 Å². The maximum Gasteiger partial charge on any atom is 1.00 e. The van der Waals surface area contributed by atoms with Crippen LogP contribution in [0.3, 0.4) is 0 Å². The van der Waals surface area contributed by atoms with Gasteiger partial charge in [-0.1, -0.05) is 0 Å². The largest absolute Gasteiger partial charge is 1.00 e. The minimum Gasteiger partial charge on any atom is -0.548 e. The van der Waals surface area contributed by atoms with E-state index in [1.54, 1.807) is 0 Å². The van der Waals surface area contributed by atoms with E-state index in [4.69, 9.17) is 5.11 Å². The number of rotatable bonds is 6. The molecule has 0 bridgehead atoms. The Balaban J connectivity index is -0.000000282. The van der Waals surface area contributed by atoms with Crippen LogP contribution < -0.4 is 104 Å². The van der Waals surface area contributed by atoms with Crippen molar-refractivity contribution >= 4 is 17.9 Å². The van der Waals surface area contributed by atoms with Gasteiger partial charge in [0.2, 0.25) is 0 Å². The molecule has 0 spiro atoms. The summed E-state index contributed by atoms with van der Waals surface area (Å²) < 4.78 is 3.93. The number of hydrogen-bond acceptors (Lipinski definition) is 8. The van der Waals surface area contributed by atoms with E-state index in [0.29, 0.717) is 0 Å². The molecule has 0 saturated carbocycles. The summed E-state index contributed by atoms with van der Waals surface area (Å²) in [5, 5.41) is 38.9. The summed E-state index contributed by atoms with van der Waals surface area (Å²) in [5.74, 6) is -6.45. The Morgan fingerprint density at radius 1 is 1.00 bits per heavy atom. The molecule has 0 amide bonds. The van der Waals surface area contributed by atoms with Gasteiger partial charge in [-0.05, 0) is 0 Å². The minimum absolute atomic E-state index is 0. The van der Waals surface area contributed by atoms with Gasteiger partial charge in [-0.2, -0.15) is 0 Å². The number of carbonyl (C=O) groups is 3. The first-order chi connectivity index (χ1) is 6.36. The standard InChI is InChI=1S/C6H8O8.3Na/c7-2-6(4(10)11,5(12)13)14-1-3(8)9;;;/h7H,1-2H2,(H,8,9)(H,10,11)(H,12,13);;;/q;3*+1/p-3. The molecule has 0 rings (SSSR count). The van der Waals surface area contributed by atoms with E-state index in [1.165, 1.54) is 0 Å². The second kappa shape index (κ2) is 12.4. The van der Waals surface area contributed by atoms with E-state index < -0.39 is 36.7 Å². The number of ether oxygens (including phenoxy) is 1. The van der Waals surface area contributed by atoms with Crippen LogP contribution in [0.5, 0.6) is 0 Å². The van der Waals surface area contributed by atoms with Crippen molar-refractivity contribution in [3.8, 4) is 0 Å². The van der Waals surface area contributed by atoms with Gasteiger partial charge in [0.1, 0.15) is 0 Å². The molecular formula is C6H5Na3O8. The van der Waals surface area contributed by atoms with Crippen molar-refractivity contribution < 1.29 is 128 Å². The first kappa shape index (κ1) is 26.8. The van der Waals surface area contributed by atoms with Gasteiger partial charge in [0.15, 0.2) is 5.60 Å². The number of carbonyl (C=O) groups excluding carboxylic acids is 3. The van der Waals surface area contributed by atoms with Crippen LogP contribution in [0.25, 0.3) is 0 Å². The summed E-state index contributed by atoms with van der Waals surface area (Å²) in [6, 6.07) is 0. The van der Waals surface area contributed by atoms with Gasteiger partial charge >= 0.3 is 88.7 Å². The third-order valence-corrected chi connectivity index (χ3v) is 1.32. The first-order valence-corrected chi connectivity index (χ1v) is 3.24. The topological polar surface area (TPSA) is 150 Å². The summed E-state index contributed by atoms with van der Waals surface area (Å²) in [7, 11) is 0. The number of aliphatic hydroxyl groups excluding tert-OH is 1. The molecule has 0 aromatic heterocycles. The average molecular weight is 274 g/mol. The molecule has 0 aliphatic carbocycles. The maximum absolute atomic E-state index is 10.3. The Labute approximate surface area is 163 Å². The molecule has 0 aliphatic heterocycles. The number of aliphatic hydroxyl groups is 1. The molecule has 0 radical (unpaired) electrons. The van der Waals surface area contributed by atoms with Crippen molar-refractivity contribution in [3.63, 3.8) is 0 Å². The second-order valence-corrected chi connectivity index (χ2v) is 2.22. The average Bonchev–Trinajstić information content (AvgIpc) is 2.04. The normalized spacial score (nSPS) is 9.00. The zero-order valence-corrected chi connectivity index (χ0v) is 15.7. The van der Waals surface area contributed by atoms with Gasteiger partial charge in [0.25, 0.3) is 0 Å². The Hall–Kier alpha value is 1.33. The van der Waals surface area contributed by atoms with E-state index >= 15 is 0 Å². The van der Waals surface area contributed by atoms with E-state index in [9.17, 15) is 29.7 Å². The van der Waals surface area contributed by atoms with Crippen LogP contribution in [0.15, 0.2) is 0 Å². The van der Waals surface area contributed by atoms with Gasteiger partial charge in [0, 0.05) is 0 Å². The summed E-state index contributed by atoms with van der Waals surface area (Å²) in [5.41, 5.74) is -3.18. The fourth-order valence-electron chi connectivity index (χ4n) is 0.558. The van der Waals surface area contributed by atoms with Crippen LogP contribution in [-0.2, 0) is 19.1 Å². The zero-order chi connectivity index (χ0) is 11.4. The fourth-order valence-corrected chi connectivity index (χ4v) is 0.558. The SMILES string of the molecule is O=C([O-])COC(CO)(C(=O)[O-])C(=O)[O-].[Na+].[Na+].[Na+]. The zero-order valence-electron chi connectivity index (χ0n) is 9.72. The minimum atomic E-state index is -3.18. The molecule has 0 atom stereocenters. The van der Waals surface area contributed by atoms with E-state index in [1.807, 2.05) is 0 Å². The Bertz CT molecular complexity index is 254. The maximum atomic E-state index is 10.3. The van der Waals surface area contributed by atoms with Gasteiger partial charge in [-0.15, -0.1) is 0 Å². The van der Waals surface area contributed by atoms with Crippen molar-refractivity contribution in [1.29, 1.82) is 0 Å². The molecule has 1 N–H and O–H groups in total. The van der Waals surface area contributed by atoms with Crippen molar-refractivity contribution in [1.82, 2.24) is 0 Å². The molecule has 0 aromatic rings. The summed E-state index contributed by atoms with van der Waals surface area (Å²) >= 11 is 0. The molecule has 0 fully saturated rings. The first-order valence-electron chi connectivity index (χ1n) is 3.24. The van der Waals surface area contributed by atoms with Crippen molar-refractivity contribution in [2.24, 2.45) is 0 Å². The predicted octanol–water partition coefficient (Wildman–Crippen LogP) is -15.0. The number of hydrogen-bond donors (Lipinski definition) is 1. The molecule has 11 heteroatoms. The molecule has 0 saturated heterocycles. The van der Waals surface area contributed by atoms with Crippen LogP contribution in [0, 0.1) is 0 Å². The second-order valence-electron chi connectivity index (χ2n) is 2.22. The Kier molecular flexibility index (Phi) is 19.5. The summed E-state index contributed by atoms with van der Waals surface area (Å²) in [6.45, 7) is -2.83. The van der Waals surface area contributed by atoms with Gasteiger partial charge < -0.3 is 39.5 Å². The van der Waals surface area contributed by atoms with Crippen molar-refractivity contribution in [3.05, 3.63) is 0 Å². The Morgan fingerprint density at radius 2 is 1.35 bits per heavy atom.